The lowest BCUT2D eigenvalue weighted by Gasteiger charge is -2.12. The van der Waals surface area contributed by atoms with Crippen LogP contribution in [-0.4, -0.2) is 6.54 Å². The van der Waals surface area contributed by atoms with Gasteiger partial charge in [0.05, 0.1) is 0 Å². The molecule has 2 atom stereocenters. The first kappa shape index (κ1) is 12.7. The van der Waals surface area contributed by atoms with Crippen LogP contribution in [0.1, 0.15) is 31.7 Å². The summed E-state index contributed by atoms with van der Waals surface area (Å²) in [4.78, 5) is 0. The molecule has 0 amide bonds. The Balaban J connectivity index is 1.62. The monoisotopic (exact) mass is 253 g/mol. The number of benzene rings is 2. The third-order valence-electron chi connectivity index (χ3n) is 4.43. The lowest BCUT2D eigenvalue weighted by Crippen LogP contribution is -2.21. The van der Waals surface area contributed by atoms with E-state index in [2.05, 4.69) is 54.7 Å². The summed E-state index contributed by atoms with van der Waals surface area (Å²) >= 11 is 0. The predicted molar refractivity (Wildman–Crippen MR) is 82.2 cm³/mol. The van der Waals surface area contributed by atoms with Gasteiger partial charge < -0.3 is 5.32 Å². The maximum atomic E-state index is 3.66. The zero-order valence-electron chi connectivity index (χ0n) is 11.7. The van der Waals surface area contributed by atoms with E-state index in [1.165, 1.54) is 42.1 Å². The van der Waals surface area contributed by atoms with Gasteiger partial charge in [-0.3, -0.25) is 0 Å². The molecule has 2 aromatic carbocycles. The predicted octanol–water partition coefficient (Wildman–Crippen LogP) is 4.37. The minimum Gasteiger partial charge on any atom is -0.312 e. The molecule has 0 bridgehead atoms. The van der Waals surface area contributed by atoms with E-state index in [1.807, 2.05) is 0 Å². The van der Waals surface area contributed by atoms with Gasteiger partial charge in [0, 0.05) is 6.54 Å². The number of nitrogens with one attached hydrogen (secondary N) is 1. The van der Waals surface area contributed by atoms with Crippen molar-refractivity contribution in [2.75, 3.05) is 6.54 Å². The SMILES string of the molecule is CC1CCC(CNCc2cccc3ccccc23)C1. The van der Waals surface area contributed by atoms with E-state index >= 15 is 0 Å². The summed E-state index contributed by atoms with van der Waals surface area (Å²) in [6.45, 7) is 4.55. The van der Waals surface area contributed by atoms with Crippen LogP contribution in [0, 0.1) is 11.8 Å². The molecule has 2 unspecified atom stereocenters. The number of hydrogen-bond donors (Lipinski definition) is 1. The highest BCUT2D eigenvalue weighted by Gasteiger charge is 2.20. The number of hydrogen-bond acceptors (Lipinski definition) is 1. The molecule has 1 aliphatic rings. The molecule has 1 aliphatic carbocycles. The molecule has 3 rings (SSSR count). The lowest BCUT2D eigenvalue weighted by molar-refractivity contribution is 0.471. The number of fused-ring (bicyclic) bond motifs is 1. The normalized spacial score (nSPS) is 23.0. The van der Waals surface area contributed by atoms with Crippen LogP contribution in [-0.2, 0) is 6.54 Å². The quantitative estimate of drug-likeness (QED) is 0.853. The Kier molecular flexibility index (Phi) is 3.84. The molecule has 2 aromatic rings. The first-order valence-electron chi connectivity index (χ1n) is 7.50. The average molecular weight is 253 g/mol. The van der Waals surface area contributed by atoms with E-state index in [4.69, 9.17) is 0 Å². The van der Waals surface area contributed by atoms with Crippen molar-refractivity contribution in [3.05, 3.63) is 48.0 Å². The third kappa shape index (κ3) is 2.98. The summed E-state index contributed by atoms with van der Waals surface area (Å²) in [5.41, 5.74) is 1.42. The van der Waals surface area contributed by atoms with Crippen LogP contribution in [0.15, 0.2) is 42.5 Å². The van der Waals surface area contributed by atoms with Crippen molar-refractivity contribution in [1.82, 2.24) is 5.32 Å². The van der Waals surface area contributed by atoms with Gasteiger partial charge >= 0.3 is 0 Å². The lowest BCUT2D eigenvalue weighted by atomic mass is 10.0. The molecule has 100 valence electrons. The molecular weight excluding hydrogens is 230 g/mol. The first-order valence-corrected chi connectivity index (χ1v) is 7.50. The van der Waals surface area contributed by atoms with Gasteiger partial charge in [0.15, 0.2) is 0 Å². The molecule has 1 saturated carbocycles. The summed E-state index contributed by atoms with van der Waals surface area (Å²) in [7, 11) is 0. The van der Waals surface area contributed by atoms with Crippen molar-refractivity contribution < 1.29 is 0 Å². The molecule has 1 heteroatoms. The van der Waals surface area contributed by atoms with Crippen molar-refractivity contribution in [1.29, 1.82) is 0 Å². The maximum Gasteiger partial charge on any atom is 0.0211 e. The van der Waals surface area contributed by atoms with Crippen molar-refractivity contribution in [2.45, 2.75) is 32.7 Å². The average Bonchev–Trinajstić information content (AvgIpc) is 2.85. The molecule has 0 saturated heterocycles. The van der Waals surface area contributed by atoms with Crippen LogP contribution in [0.25, 0.3) is 10.8 Å². The molecular formula is C18H23N. The fourth-order valence-electron chi connectivity index (χ4n) is 3.37. The Labute approximate surface area is 116 Å². The fourth-order valence-corrected chi connectivity index (χ4v) is 3.37. The van der Waals surface area contributed by atoms with Crippen molar-refractivity contribution >= 4 is 10.8 Å². The van der Waals surface area contributed by atoms with Crippen LogP contribution in [0.3, 0.4) is 0 Å². The molecule has 0 aromatic heterocycles. The van der Waals surface area contributed by atoms with Gasteiger partial charge in [0.2, 0.25) is 0 Å². The Hall–Kier alpha value is -1.34. The second-order valence-electron chi connectivity index (χ2n) is 6.05. The summed E-state index contributed by atoms with van der Waals surface area (Å²) in [5, 5.41) is 6.39. The van der Waals surface area contributed by atoms with Crippen LogP contribution < -0.4 is 5.32 Å². The van der Waals surface area contributed by atoms with Crippen LogP contribution in [0.5, 0.6) is 0 Å². The van der Waals surface area contributed by atoms with Crippen molar-refractivity contribution in [3.8, 4) is 0 Å². The smallest absolute Gasteiger partial charge is 0.0211 e. The summed E-state index contributed by atoms with van der Waals surface area (Å²) in [6, 6.07) is 15.3. The Bertz CT molecular complexity index is 541. The van der Waals surface area contributed by atoms with Crippen LogP contribution in [0.2, 0.25) is 0 Å². The minimum absolute atomic E-state index is 0.893. The first-order chi connectivity index (χ1) is 9.33. The van der Waals surface area contributed by atoms with Gasteiger partial charge in [0.25, 0.3) is 0 Å². The zero-order valence-corrected chi connectivity index (χ0v) is 11.7. The molecule has 0 radical (unpaired) electrons. The van der Waals surface area contributed by atoms with E-state index in [0.29, 0.717) is 0 Å². The molecule has 0 spiro atoms. The van der Waals surface area contributed by atoms with Gasteiger partial charge in [-0.25, -0.2) is 0 Å². The van der Waals surface area contributed by atoms with E-state index in [0.717, 1.165) is 18.4 Å². The molecule has 1 N–H and O–H groups in total. The fraction of sp³-hybridized carbons (Fsp3) is 0.444. The summed E-state index contributed by atoms with van der Waals surface area (Å²) in [5.74, 6) is 1.83. The van der Waals surface area contributed by atoms with Crippen molar-refractivity contribution in [2.24, 2.45) is 11.8 Å². The Morgan fingerprint density at radius 2 is 1.89 bits per heavy atom. The zero-order chi connectivity index (χ0) is 13.1. The third-order valence-corrected chi connectivity index (χ3v) is 4.43. The van der Waals surface area contributed by atoms with Crippen LogP contribution in [0.4, 0.5) is 0 Å². The second-order valence-corrected chi connectivity index (χ2v) is 6.05. The van der Waals surface area contributed by atoms with Gasteiger partial charge in [-0.1, -0.05) is 55.8 Å². The standard InChI is InChI=1S/C18H23N/c1-14-9-10-15(11-14)12-19-13-17-7-4-6-16-5-2-3-8-18(16)17/h2-8,14-15,19H,9-13H2,1H3. The summed E-state index contributed by atoms with van der Waals surface area (Å²) in [6.07, 6.45) is 4.23. The molecule has 1 fully saturated rings. The van der Waals surface area contributed by atoms with E-state index in [-0.39, 0.29) is 0 Å². The van der Waals surface area contributed by atoms with E-state index in [9.17, 15) is 0 Å². The molecule has 19 heavy (non-hydrogen) atoms. The van der Waals surface area contributed by atoms with Gasteiger partial charge in [-0.2, -0.15) is 0 Å². The highest BCUT2D eigenvalue weighted by molar-refractivity contribution is 5.85. The number of rotatable bonds is 4. The Morgan fingerprint density at radius 1 is 1.05 bits per heavy atom. The van der Waals surface area contributed by atoms with Gasteiger partial charge in [-0.15, -0.1) is 0 Å². The van der Waals surface area contributed by atoms with E-state index in [1.54, 1.807) is 0 Å². The van der Waals surface area contributed by atoms with Crippen molar-refractivity contribution in [3.63, 3.8) is 0 Å². The highest BCUT2D eigenvalue weighted by atomic mass is 14.9. The molecule has 1 nitrogen and oxygen atoms in total. The Morgan fingerprint density at radius 3 is 2.74 bits per heavy atom. The van der Waals surface area contributed by atoms with Crippen LogP contribution >= 0.6 is 0 Å². The second kappa shape index (κ2) is 5.75. The largest absolute Gasteiger partial charge is 0.312 e. The molecule has 0 aliphatic heterocycles. The van der Waals surface area contributed by atoms with E-state index < -0.39 is 0 Å². The van der Waals surface area contributed by atoms with Gasteiger partial charge in [0.1, 0.15) is 0 Å². The highest BCUT2D eigenvalue weighted by Crippen LogP contribution is 2.29. The minimum atomic E-state index is 0.893. The topological polar surface area (TPSA) is 12.0 Å². The maximum absolute atomic E-state index is 3.66. The summed E-state index contributed by atoms with van der Waals surface area (Å²) < 4.78 is 0. The van der Waals surface area contributed by atoms with Gasteiger partial charge in [-0.05, 0) is 47.6 Å². The molecule has 0 heterocycles.